The van der Waals surface area contributed by atoms with Crippen molar-refractivity contribution < 1.29 is 17.6 Å². The van der Waals surface area contributed by atoms with Gasteiger partial charge in [0.05, 0.1) is 4.90 Å². The number of sulfonamides is 1. The van der Waals surface area contributed by atoms with Crippen molar-refractivity contribution in [3.63, 3.8) is 0 Å². The van der Waals surface area contributed by atoms with Crippen LogP contribution in [-0.4, -0.2) is 87.8 Å². The Morgan fingerprint density at radius 1 is 1.12 bits per heavy atom. The van der Waals surface area contributed by atoms with Crippen molar-refractivity contribution in [1.82, 2.24) is 19.4 Å². The molecular weight excluding hydrogens is 440 g/mol. The van der Waals surface area contributed by atoms with Crippen molar-refractivity contribution in [2.24, 2.45) is 5.92 Å². The van der Waals surface area contributed by atoms with Crippen molar-refractivity contribution >= 4 is 26.9 Å². The molecule has 1 aromatic carbocycles. The van der Waals surface area contributed by atoms with Gasteiger partial charge in [0.2, 0.25) is 10.0 Å². The second-order valence-electron chi connectivity index (χ2n) is 9.56. The lowest BCUT2D eigenvalue weighted by Crippen LogP contribution is -2.45. The van der Waals surface area contributed by atoms with Crippen molar-refractivity contribution in [2.75, 3.05) is 59.4 Å². The zero-order valence-corrected chi connectivity index (χ0v) is 20.8. The van der Waals surface area contributed by atoms with E-state index >= 15 is 0 Å². The van der Waals surface area contributed by atoms with E-state index in [4.69, 9.17) is 4.42 Å². The first-order chi connectivity index (χ1) is 15.8. The number of rotatable bonds is 7. The summed E-state index contributed by atoms with van der Waals surface area (Å²) < 4.78 is 33.6. The minimum absolute atomic E-state index is 0.253. The van der Waals surface area contributed by atoms with Crippen molar-refractivity contribution in [2.45, 2.75) is 38.0 Å². The molecule has 2 aromatic rings. The summed E-state index contributed by atoms with van der Waals surface area (Å²) >= 11 is 0. The number of amides is 1. The summed E-state index contributed by atoms with van der Waals surface area (Å²) in [5.74, 6) is 0.556. The Kier molecular flexibility index (Phi) is 7.43. The molecule has 0 radical (unpaired) electrons. The largest absolute Gasteiger partial charge is 0.451 e. The molecule has 9 heteroatoms. The number of hydrogen-bond acceptors (Lipinski definition) is 6. The molecular formula is C24H36N4O4S. The second kappa shape index (κ2) is 10.1. The fourth-order valence-electron chi connectivity index (χ4n) is 4.61. The minimum Gasteiger partial charge on any atom is -0.451 e. The van der Waals surface area contributed by atoms with E-state index in [1.54, 1.807) is 22.5 Å². The van der Waals surface area contributed by atoms with Crippen LogP contribution in [0.3, 0.4) is 0 Å². The average Bonchev–Trinajstić information content (AvgIpc) is 3.14. The summed E-state index contributed by atoms with van der Waals surface area (Å²) in [5.41, 5.74) is 1.20. The molecule has 1 N–H and O–H groups in total. The fourth-order valence-corrected chi connectivity index (χ4v) is 6.10. The lowest BCUT2D eigenvalue weighted by Gasteiger charge is -2.32. The van der Waals surface area contributed by atoms with Gasteiger partial charge in [-0.15, -0.1) is 0 Å². The van der Waals surface area contributed by atoms with Crippen molar-refractivity contribution in [3.8, 4) is 0 Å². The van der Waals surface area contributed by atoms with Gasteiger partial charge >= 0.3 is 0 Å². The number of piperidine rings is 1. The average molecular weight is 477 g/mol. The molecule has 1 amide bonds. The predicted molar refractivity (Wildman–Crippen MR) is 129 cm³/mol. The minimum atomic E-state index is -3.55. The van der Waals surface area contributed by atoms with E-state index in [1.165, 1.54) is 0 Å². The Labute approximate surface area is 196 Å². The van der Waals surface area contributed by atoms with Gasteiger partial charge in [-0.3, -0.25) is 4.79 Å². The molecule has 2 saturated heterocycles. The van der Waals surface area contributed by atoms with Gasteiger partial charge < -0.3 is 19.5 Å². The maximum atomic E-state index is 13.1. The molecule has 0 spiro atoms. The van der Waals surface area contributed by atoms with E-state index in [0.29, 0.717) is 42.1 Å². The lowest BCUT2D eigenvalue weighted by molar-refractivity contribution is 0.0923. The predicted octanol–water partition coefficient (Wildman–Crippen LogP) is 2.53. The second-order valence-corrected chi connectivity index (χ2v) is 11.5. The first-order valence-electron chi connectivity index (χ1n) is 12.0. The zero-order valence-electron chi connectivity index (χ0n) is 20.0. The van der Waals surface area contributed by atoms with Crippen LogP contribution in [-0.2, 0) is 10.0 Å². The van der Waals surface area contributed by atoms with Crippen LogP contribution < -0.4 is 5.32 Å². The van der Waals surface area contributed by atoms with Gasteiger partial charge in [-0.25, -0.2) is 8.42 Å². The molecule has 1 aromatic heterocycles. The highest BCUT2D eigenvalue weighted by atomic mass is 32.2. The summed E-state index contributed by atoms with van der Waals surface area (Å²) in [5, 5.41) is 3.62. The lowest BCUT2D eigenvalue weighted by atomic mass is 10.0. The summed E-state index contributed by atoms with van der Waals surface area (Å²) in [6.45, 7) is 10.9. The van der Waals surface area contributed by atoms with Crippen LogP contribution in [0.5, 0.6) is 0 Å². The number of piperazine rings is 1. The molecule has 0 atom stereocenters. The molecule has 2 fully saturated rings. The number of carbonyl (C=O) groups excluding carboxylic acids is 1. The van der Waals surface area contributed by atoms with Gasteiger partial charge in [-0.1, -0.05) is 6.92 Å². The number of benzene rings is 1. The molecule has 33 heavy (non-hydrogen) atoms. The molecule has 182 valence electrons. The van der Waals surface area contributed by atoms with Crippen LogP contribution in [0.2, 0.25) is 0 Å². The van der Waals surface area contributed by atoms with Crippen molar-refractivity contribution in [3.05, 3.63) is 29.5 Å². The third-order valence-corrected chi connectivity index (χ3v) is 8.92. The first-order valence-corrected chi connectivity index (χ1v) is 13.4. The summed E-state index contributed by atoms with van der Waals surface area (Å²) in [4.78, 5) is 17.7. The monoisotopic (exact) mass is 476 g/mol. The summed E-state index contributed by atoms with van der Waals surface area (Å²) in [6, 6.07) is 4.88. The van der Waals surface area contributed by atoms with E-state index in [0.717, 1.165) is 52.0 Å². The van der Waals surface area contributed by atoms with Crippen LogP contribution in [0.25, 0.3) is 11.0 Å². The molecule has 8 nitrogen and oxygen atoms in total. The number of hydrogen-bond donors (Lipinski definition) is 1. The van der Waals surface area contributed by atoms with E-state index in [-0.39, 0.29) is 16.6 Å². The molecule has 0 aliphatic carbocycles. The number of nitrogens with zero attached hydrogens (tertiary/aromatic N) is 3. The van der Waals surface area contributed by atoms with Gasteiger partial charge in [-0.05, 0) is 63.9 Å². The Morgan fingerprint density at radius 2 is 1.82 bits per heavy atom. The summed E-state index contributed by atoms with van der Waals surface area (Å²) in [7, 11) is -1.41. The molecule has 2 aliphatic heterocycles. The van der Waals surface area contributed by atoms with E-state index < -0.39 is 10.0 Å². The zero-order chi connectivity index (χ0) is 23.6. The van der Waals surface area contributed by atoms with E-state index in [1.807, 2.05) is 6.92 Å². The number of furan rings is 1. The fraction of sp³-hybridized carbons (Fsp3) is 0.625. The smallest absolute Gasteiger partial charge is 0.287 e. The summed E-state index contributed by atoms with van der Waals surface area (Å²) in [6.07, 6.45) is 2.64. The quantitative estimate of drug-likeness (QED) is 0.618. The topological polar surface area (TPSA) is 86.1 Å². The Morgan fingerprint density at radius 3 is 2.52 bits per heavy atom. The third-order valence-electron chi connectivity index (χ3n) is 7.03. The highest BCUT2D eigenvalue weighted by molar-refractivity contribution is 7.89. The highest BCUT2D eigenvalue weighted by Gasteiger charge is 2.29. The maximum absolute atomic E-state index is 13.1. The van der Waals surface area contributed by atoms with E-state index in [9.17, 15) is 13.2 Å². The van der Waals surface area contributed by atoms with Crippen LogP contribution in [0, 0.1) is 12.8 Å². The maximum Gasteiger partial charge on any atom is 0.287 e. The molecule has 3 heterocycles. The van der Waals surface area contributed by atoms with Crippen LogP contribution >= 0.6 is 0 Å². The SMILES string of the molecule is Cc1c(C(=O)NCCCN2CCN(C)CC2)oc2ccc(S(=O)(=O)N3CCC(C)CC3)cc12. The number of carbonyl (C=O) groups is 1. The van der Waals surface area contributed by atoms with Crippen molar-refractivity contribution in [1.29, 1.82) is 0 Å². The van der Waals surface area contributed by atoms with E-state index in [2.05, 4.69) is 29.1 Å². The number of aryl methyl sites for hydroxylation is 1. The molecule has 2 aliphatic rings. The van der Waals surface area contributed by atoms with Gasteiger partial charge in [-0.2, -0.15) is 4.31 Å². The highest BCUT2D eigenvalue weighted by Crippen LogP contribution is 2.30. The standard InChI is InChI=1S/C24H36N4O4S/c1-18-7-11-28(12-8-18)33(30,31)20-5-6-22-21(17-20)19(2)23(32-22)24(29)25-9-4-10-27-15-13-26(3)14-16-27/h5-6,17-18H,4,7-16H2,1-3H3,(H,25,29). The third kappa shape index (κ3) is 5.42. The number of fused-ring (bicyclic) bond motifs is 1. The molecule has 0 unspecified atom stereocenters. The Balaban J connectivity index is 1.39. The van der Waals surface area contributed by atoms with Gasteiger partial charge in [0.25, 0.3) is 5.91 Å². The van der Waals surface area contributed by atoms with Crippen LogP contribution in [0.15, 0.2) is 27.5 Å². The number of likely N-dealkylation sites (N-methyl/N-ethyl adjacent to an activating group) is 1. The van der Waals surface area contributed by atoms with Crippen LogP contribution in [0.1, 0.15) is 42.3 Å². The number of nitrogens with one attached hydrogen (secondary N) is 1. The first kappa shape index (κ1) is 24.2. The Hall–Kier alpha value is -1.94. The van der Waals surface area contributed by atoms with Gasteiger partial charge in [0.15, 0.2) is 5.76 Å². The van der Waals surface area contributed by atoms with Gasteiger partial charge in [0, 0.05) is 56.8 Å². The molecule has 0 bridgehead atoms. The molecule has 4 rings (SSSR count). The van der Waals surface area contributed by atoms with Crippen LogP contribution in [0.4, 0.5) is 0 Å². The Bertz CT molecular complexity index is 1080. The molecule has 0 saturated carbocycles. The normalized spacial score (nSPS) is 19.8. The van der Waals surface area contributed by atoms with Gasteiger partial charge in [0.1, 0.15) is 5.58 Å².